The normalized spacial score (nSPS) is 10.0. The van der Waals surface area contributed by atoms with Crippen LogP contribution in [0, 0.1) is 0 Å². The molecule has 0 bridgehead atoms. The molecule has 1 aromatic rings. The number of imidazole rings is 1. The molecule has 13 heavy (non-hydrogen) atoms. The lowest BCUT2D eigenvalue weighted by Gasteiger charge is -2.05. The minimum absolute atomic E-state index is 0.181. The summed E-state index contributed by atoms with van der Waals surface area (Å²) >= 11 is 0. The van der Waals surface area contributed by atoms with Crippen LogP contribution in [0.15, 0.2) is 12.5 Å². The molecular formula is C8H13N3O2. The molecule has 0 radical (unpaired) electrons. The van der Waals surface area contributed by atoms with Gasteiger partial charge in [-0.25, -0.2) is 4.98 Å². The van der Waals surface area contributed by atoms with Crippen molar-refractivity contribution in [3.8, 4) is 0 Å². The van der Waals surface area contributed by atoms with E-state index in [-0.39, 0.29) is 12.5 Å². The van der Waals surface area contributed by atoms with Gasteiger partial charge >= 0.3 is 5.97 Å². The van der Waals surface area contributed by atoms with E-state index in [2.05, 4.69) is 4.98 Å². The SMILES string of the molecule is CCOC(=O)Cn1cncc1CN. The number of carbonyl (C=O) groups is 1. The fraction of sp³-hybridized carbons (Fsp3) is 0.500. The second-order valence-corrected chi connectivity index (χ2v) is 2.52. The second-order valence-electron chi connectivity index (χ2n) is 2.52. The molecule has 0 aliphatic heterocycles. The summed E-state index contributed by atoms with van der Waals surface area (Å²) in [5, 5.41) is 0. The zero-order chi connectivity index (χ0) is 9.68. The van der Waals surface area contributed by atoms with Crippen LogP contribution in [0.1, 0.15) is 12.6 Å². The first-order valence-corrected chi connectivity index (χ1v) is 4.12. The summed E-state index contributed by atoms with van der Waals surface area (Å²) in [5.74, 6) is -0.268. The molecule has 5 nitrogen and oxygen atoms in total. The minimum Gasteiger partial charge on any atom is -0.465 e. The molecule has 0 fully saturated rings. The van der Waals surface area contributed by atoms with Crippen molar-refractivity contribution in [2.75, 3.05) is 6.61 Å². The molecule has 1 rings (SSSR count). The number of nitrogens with two attached hydrogens (primary N) is 1. The number of ether oxygens (including phenoxy) is 1. The van der Waals surface area contributed by atoms with E-state index in [1.165, 1.54) is 0 Å². The van der Waals surface area contributed by atoms with Crippen LogP contribution in [0.5, 0.6) is 0 Å². The number of hydrogen-bond acceptors (Lipinski definition) is 4. The first kappa shape index (κ1) is 9.73. The summed E-state index contributed by atoms with van der Waals surface area (Å²) in [6.45, 7) is 2.72. The monoisotopic (exact) mass is 183 g/mol. The van der Waals surface area contributed by atoms with Gasteiger partial charge in [0.1, 0.15) is 6.54 Å². The fourth-order valence-electron chi connectivity index (χ4n) is 1.01. The van der Waals surface area contributed by atoms with Gasteiger partial charge in [0, 0.05) is 12.7 Å². The van der Waals surface area contributed by atoms with Gasteiger partial charge in [0.05, 0.1) is 18.6 Å². The van der Waals surface area contributed by atoms with Crippen LogP contribution < -0.4 is 5.73 Å². The van der Waals surface area contributed by atoms with Crippen LogP contribution in [0.2, 0.25) is 0 Å². The molecular weight excluding hydrogens is 170 g/mol. The molecule has 5 heteroatoms. The summed E-state index contributed by atoms with van der Waals surface area (Å²) in [7, 11) is 0. The van der Waals surface area contributed by atoms with E-state index in [1.54, 1.807) is 24.0 Å². The molecule has 0 saturated carbocycles. The third kappa shape index (κ3) is 2.55. The summed E-state index contributed by atoms with van der Waals surface area (Å²) in [6.07, 6.45) is 3.21. The smallest absolute Gasteiger partial charge is 0.325 e. The van der Waals surface area contributed by atoms with Crippen molar-refractivity contribution in [3.63, 3.8) is 0 Å². The largest absolute Gasteiger partial charge is 0.465 e. The van der Waals surface area contributed by atoms with E-state index in [4.69, 9.17) is 10.5 Å². The van der Waals surface area contributed by atoms with Gasteiger partial charge in [-0.1, -0.05) is 0 Å². The fourth-order valence-corrected chi connectivity index (χ4v) is 1.01. The van der Waals surface area contributed by atoms with Crippen molar-refractivity contribution >= 4 is 5.97 Å². The Morgan fingerprint density at radius 1 is 1.77 bits per heavy atom. The third-order valence-electron chi connectivity index (χ3n) is 1.61. The summed E-state index contributed by atoms with van der Waals surface area (Å²) in [4.78, 5) is 14.9. The highest BCUT2D eigenvalue weighted by molar-refractivity contribution is 5.69. The maximum absolute atomic E-state index is 11.1. The maximum Gasteiger partial charge on any atom is 0.325 e. The summed E-state index contributed by atoms with van der Waals surface area (Å²) in [6, 6.07) is 0. The third-order valence-corrected chi connectivity index (χ3v) is 1.61. The maximum atomic E-state index is 11.1. The Morgan fingerprint density at radius 2 is 2.54 bits per heavy atom. The highest BCUT2D eigenvalue weighted by Gasteiger charge is 2.05. The van der Waals surface area contributed by atoms with Gasteiger partial charge < -0.3 is 15.0 Å². The number of aromatic nitrogens is 2. The van der Waals surface area contributed by atoms with Crippen molar-refractivity contribution in [3.05, 3.63) is 18.2 Å². The lowest BCUT2D eigenvalue weighted by Crippen LogP contribution is -2.15. The topological polar surface area (TPSA) is 70.1 Å². The predicted octanol–water partition coefficient (Wildman–Crippen LogP) is -0.0951. The van der Waals surface area contributed by atoms with Crippen LogP contribution >= 0.6 is 0 Å². The highest BCUT2D eigenvalue weighted by atomic mass is 16.5. The van der Waals surface area contributed by atoms with Crippen LogP contribution in [0.4, 0.5) is 0 Å². The van der Waals surface area contributed by atoms with Crippen molar-refractivity contribution in [2.45, 2.75) is 20.0 Å². The molecule has 0 spiro atoms. The van der Waals surface area contributed by atoms with E-state index in [1.807, 2.05) is 0 Å². The first-order chi connectivity index (χ1) is 6.27. The van der Waals surface area contributed by atoms with Crippen LogP contribution in [-0.4, -0.2) is 22.1 Å². The Balaban J connectivity index is 2.57. The lowest BCUT2D eigenvalue weighted by atomic mass is 10.4. The Hall–Kier alpha value is -1.36. The quantitative estimate of drug-likeness (QED) is 0.662. The molecule has 0 saturated heterocycles. The van der Waals surface area contributed by atoms with E-state index in [0.717, 1.165) is 5.69 Å². The number of hydrogen-bond donors (Lipinski definition) is 1. The van der Waals surface area contributed by atoms with E-state index < -0.39 is 0 Å². The summed E-state index contributed by atoms with van der Waals surface area (Å²) in [5.41, 5.74) is 6.26. The Kier molecular flexibility index (Phi) is 3.45. The minimum atomic E-state index is -0.268. The van der Waals surface area contributed by atoms with Crippen LogP contribution in [-0.2, 0) is 22.6 Å². The van der Waals surface area contributed by atoms with Gasteiger partial charge in [-0.3, -0.25) is 4.79 Å². The Bertz CT molecular complexity index is 283. The van der Waals surface area contributed by atoms with E-state index in [9.17, 15) is 4.79 Å². The number of nitrogens with zero attached hydrogens (tertiary/aromatic N) is 2. The standard InChI is InChI=1S/C8H13N3O2/c1-2-13-8(12)5-11-6-10-4-7(11)3-9/h4,6H,2-3,5,9H2,1H3. The van der Waals surface area contributed by atoms with Crippen molar-refractivity contribution < 1.29 is 9.53 Å². The molecule has 0 aromatic carbocycles. The van der Waals surface area contributed by atoms with Gasteiger partial charge in [-0.15, -0.1) is 0 Å². The zero-order valence-corrected chi connectivity index (χ0v) is 7.56. The second kappa shape index (κ2) is 4.61. The van der Waals surface area contributed by atoms with Gasteiger partial charge in [-0.05, 0) is 6.92 Å². The van der Waals surface area contributed by atoms with Gasteiger partial charge in [-0.2, -0.15) is 0 Å². The average molecular weight is 183 g/mol. The molecule has 2 N–H and O–H groups in total. The van der Waals surface area contributed by atoms with Crippen molar-refractivity contribution in [1.29, 1.82) is 0 Å². The number of rotatable bonds is 4. The van der Waals surface area contributed by atoms with Crippen molar-refractivity contribution in [1.82, 2.24) is 9.55 Å². The molecule has 0 amide bonds. The van der Waals surface area contributed by atoms with Crippen LogP contribution in [0.3, 0.4) is 0 Å². The number of carbonyl (C=O) groups excluding carboxylic acids is 1. The molecule has 0 atom stereocenters. The zero-order valence-electron chi connectivity index (χ0n) is 7.56. The molecule has 1 aromatic heterocycles. The van der Waals surface area contributed by atoms with Crippen LogP contribution in [0.25, 0.3) is 0 Å². The van der Waals surface area contributed by atoms with Gasteiger partial charge in [0.25, 0.3) is 0 Å². The lowest BCUT2D eigenvalue weighted by molar-refractivity contribution is -0.143. The van der Waals surface area contributed by atoms with Crippen molar-refractivity contribution in [2.24, 2.45) is 5.73 Å². The number of esters is 1. The molecule has 72 valence electrons. The molecule has 0 aliphatic carbocycles. The molecule has 1 heterocycles. The average Bonchev–Trinajstić information content (AvgIpc) is 2.52. The van der Waals surface area contributed by atoms with Gasteiger partial charge in [0.2, 0.25) is 0 Å². The first-order valence-electron chi connectivity index (χ1n) is 4.12. The molecule has 0 aliphatic rings. The van der Waals surface area contributed by atoms with E-state index in [0.29, 0.717) is 13.2 Å². The summed E-state index contributed by atoms with van der Waals surface area (Å²) < 4.78 is 6.46. The Labute approximate surface area is 76.5 Å². The molecule has 0 unspecified atom stereocenters. The van der Waals surface area contributed by atoms with E-state index >= 15 is 0 Å². The predicted molar refractivity (Wildman–Crippen MR) is 46.8 cm³/mol. The highest BCUT2D eigenvalue weighted by Crippen LogP contribution is 1.98. The van der Waals surface area contributed by atoms with Gasteiger partial charge in [0.15, 0.2) is 0 Å². The Morgan fingerprint density at radius 3 is 3.15 bits per heavy atom.